The minimum Gasteiger partial charge on any atom is -0.368 e. The second kappa shape index (κ2) is 8.02. The molecule has 0 bridgehead atoms. The van der Waals surface area contributed by atoms with Crippen molar-refractivity contribution < 1.29 is 9.59 Å². The number of halogens is 1. The Labute approximate surface area is 142 Å². The van der Waals surface area contributed by atoms with Crippen molar-refractivity contribution >= 4 is 29.1 Å². The molecule has 5 nitrogen and oxygen atoms in total. The van der Waals surface area contributed by atoms with Crippen LogP contribution in [-0.4, -0.2) is 60.9 Å². The molecule has 0 unspecified atom stereocenters. The maximum atomic E-state index is 12.3. The van der Waals surface area contributed by atoms with Gasteiger partial charge in [-0.15, -0.1) is 6.58 Å². The third kappa shape index (κ3) is 4.73. The molecule has 0 aliphatic carbocycles. The van der Waals surface area contributed by atoms with Crippen molar-refractivity contribution in [1.29, 1.82) is 0 Å². The van der Waals surface area contributed by atoms with E-state index in [1.54, 1.807) is 11.0 Å². The highest BCUT2D eigenvalue weighted by Gasteiger charge is 2.23. The van der Waals surface area contributed by atoms with Gasteiger partial charge in [-0.05, 0) is 18.2 Å². The number of piperazine rings is 1. The first-order valence-corrected chi connectivity index (χ1v) is 8.03. The zero-order valence-electron chi connectivity index (χ0n) is 13.4. The summed E-state index contributed by atoms with van der Waals surface area (Å²) in [5, 5.41) is 0.711. The van der Waals surface area contributed by atoms with E-state index < -0.39 is 0 Å². The van der Waals surface area contributed by atoms with Gasteiger partial charge in [0, 0.05) is 50.4 Å². The molecular weight excluding hydrogens is 314 g/mol. The molecule has 0 radical (unpaired) electrons. The standard InChI is InChI=1S/C17H22ClN3O2/c1-3-7-21(14(2)22)13-17(23)20-10-8-19(9-11-20)16-6-4-5-15(18)12-16/h3-6,12H,1,7-11,13H2,2H3. The smallest absolute Gasteiger partial charge is 0.242 e. The molecule has 1 saturated heterocycles. The summed E-state index contributed by atoms with van der Waals surface area (Å²) in [6.07, 6.45) is 1.63. The van der Waals surface area contributed by atoms with E-state index in [2.05, 4.69) is 11.5 Å². The van der Waals surface area contributed by atoms with Gasteiger partial charge >= 0.3 is 0 Å². The van der Waals surface area contributed by atoms with E-state index in [1.807, 2.05) is 24.3 Å². The highest BCUT2D eigenvalue weighted by Crippen LogP contribution is 2.20. The van der Waals surface area contributed by atoms with Crippen LogP contribution in [0.5, 0.6) is 0 Å². The van der Waals surface area contributed by atoms with Crippen LogP contribution in [0.1, 0.15) is 6.92 Å². The van der Waals surface area contributed by atoms with Crippen LogP contribution in [0.15, 0.2) is 36.9 Å². The van der Waals surface area contributed by atoms with E-state index >= 15 is 0 Å². The number of carbonyl (C=O) groups is 2. The van der Waals surface area contributed by atoms with Crippen LogP contribution in [-0.2, 0) is 9.59 Å². The summed E-state index contributed by atoms with van der Waals surface area (Å²) < 4.78 is 0. The Bertz CT molecular complexity index is 583. The van der Waals surface area contributed by atoms with Crippen molar-refractivity contribution in [2.75, 3.05) is 44.2 Å². The third-order valence-corrected chi connectivity index (χ3v) is 4.16. The second-order valence-electron chi connectivity index (χ2n) is 5.54. The van der Waals surface area contributed by atoms with Crippen LogP contribution in [0.4, 0.5) is 5.69 Å². The molecule has 1 heterocycles. The van der Waals surface area contributed by atoms with E-state index in [0.29, 0.717) is 24.7 Å². The monoisotopic (exact) mass is 335 g/mol. The molecular formula is C17H22ClN3O2. The van der Waals surface area contributed by atoms with Gasteiger partial charge in [0.2, 0.25) is 11.8 Å². The fourth-order valence-electron chi connectivity index (χ4n) is 2.61. The minimum atomic E-state index is -0.115. The molecule has 0 aromatic heterocycles. The summed E-state index contributed by atoms with van der Waals surface area (Å²) in [6.45, 7) is 8.39. The number of hydrogen-bond acceptors (Lipinski definition) is 3. The highest BCUT2D eigenvalue weighted by molar-refractivity contribution is 6.30. The van der Waals surface area contributed by atoms with Crippen LogP contribution in [0.25, 0.3) is 0 Å². The maximum Gasteiger partial charge on any atom is 0.242 e. The highest BCUT2D eigenvalue weighted by atomic mass is 35.5. The molecule has 0 saturated carbocycles. The van der Waals surface area contributed by atoms with Crippen LogP contribution in [0.3, 0.4) is 0 Å². The van der Waals surface area contributed by atoms with E-state index in [1.165, 1.54) is 11.8 Å². The van der Waals surface area contributed by atoms with Gasteiger partial charge < -0.3 is 14.7 Å². The van der Waals surface area contributed by atoms with E-state index in [9.17, 15) is 9.59 Å². The topological polar surface area (TPSA) is 43.9 Å². The van der Waals surface area contributed by atoms with Crippen LogP contribution in [0, 0.1) is 0 Å². The average Bonchev–Trinajstić information content (AvgIpc) is 2.54. The van der Waals surface area contributed by atoms with Crippen LogP contribution in [0.2, 0.25) is 5.02 Å². The van der Waals surface area contributed by atoms with Crippen LogP contribution >= 0.6 is 11.6 Å². The molecule has 0 atom stereocenters. The summed E-state index contributed by atoms with van der Waals surface area (Å²) >= 11 is 6.02. The molecule has 0 N–H and O–H groups in total. The SMILES string of the molecule is C=CCN(CC(=O)N1CCN(c2cccc(Cl)c2)CC1)C(C)=O. The summed E-state index contributed by atoms with van der Waals surface area (Å²) in [5.74, 6) is -0.136. The maximum absolute atomic E-state index is 12.3. The molecule has 1 aromatic carbocycles. The first-order valence-electron chi connectivity index (χ1n) is 7.66. The molecule has 124 valence electrons. The van der Waals surface area contributed by atoms with Crippen molar-refractivity contribution in [3.8, 4) is 0 Å². The summed E-state index contributed by atoms with van der Waals surface area (Å²) in [7, 11) is 0. The molecule has 1 fully saturated rings. The fourth-order valence-corrected chi connectivity index (χ4v) is 2.79. The Morgan fingerprint density at radius 1 is 1.30 bits per heavy atom. The normalized spacial score (nSPS) is 14.5. The number of benzene rings is 1. The first-order chi connectivity index (χ1) is 11.0. The Morgan fingerprint density at radius 3 is 2.57 bits per heavy atom. The van der Waals surface area contributed by atoms with Crippen molar-refractivity contribution in [2.24, 2.45) is 0 Å². The predicted octanol–water partition coefficient (Wildman–Crippen LogP) is 2.02. The Hall–Kier alpha value is -2.01. The lowest BCUT2D eigenvalue weighted by molar-refractivity contribution is -0.139. The number of carbonyl (C=O) groups excluding carboxylic acids is 2. The minimum absolute atomic E-state index is 0.0206. The Balaban J connectivity index is 1.89. The van der Waals surface area contributed by atoms with Crippen molar-refractivity contribution in [3.63, 3.8) is 0 Å². The summed E-state index contributed by atoms with van der Waals surface area (Å²) in [5.41, 5.74) is 1.07. The van der Waals surface area contributed by atoms with Crippen molar-refractivity contribution in [3.05, 3.63) is 41.9 Å². The molecule has 1 aliphatic rings. The zero-order chi connectivity index (χ0) is 16.8. The molecule has 2 amide bonds. The zero-order valence-corrected chi connectivity index (χ0v) is 14.1. The van der Waals surface area contributed by atoms with Gasteiger partial charge in [-0.3, -0.25) is 9.59 Å². The van der Waals surface area contributed by atoms with Gasteiger partial charge in [-0.2, -0.15) is 0 Å². The predicted molar refractivity (Wildman–Crippen MR) is 92.7 cm³/mol. The first kappa shape index (κ1) is 17.3. The number of nitrogens with zero attached hydrogens (tertiary/aromatic N) is 3. The van der Waals surface area contributed by atoms with Gasteiger partial charge in [0.25, 0.3) is 0 Å². The number of amides is 2. The van der Waals surface area contributed by atoms with Crippen molar-refractivity contribution in [1.82, 2.24) is 9.80 Å². The summed E-state index contributed by atoms with van der Waals surface area (Å²) in [6, 6.07) is 7.72. The van der Waals surface area contributed by atoms with Gasteiger partial charge in [-0.1, -0.05) is 23.7 Å². The number of hydrogen-bond donors (Lipinski definition) is 0. The third-order valence-electron chi connectivity index (χ3n) is 3.93. The Morgan fingerprint density at radius 2 is 2.00 bits per heavy atom. The van der Waals surface area contributed by atoms with E-state index in [4.69, 9.17) is 11.6 Å². The van der Waals surface area contributed by atoms with Gasteiger partial charge in [0.15, 0.2) is 0 Å². The quantitative estimate of drug-likeness (QED) is 0.773. The van der Waals surface area contributed by atoms with E-state index in [-0.39, 0.29) is 18.4 Å². The lowest BCUT2D eigenvalue weighted by Crippen LogP contribution is -2.51. The molecule has 1 aromatic rings. The largest absolute Gasteiger partial charge is 0.368 e. The molecule has 1 aliphatic heterocycles. The lowest BCUT2D eigenvalue weighted by atomic mass is 10.2. The van der Waals surface area contributed by atoms with Gasteiger partial charge in [0.05, 0.1) is 0 Å². The van der Waals surface area contributed by atoms with Crippen LogP contribution < -0.4 is 4.90 Å². The fraction of sp³-hybridized carbons (Fsp3) is 0.412. The summed E-state index contributed by atoms with van der Waals surface area (Å²) in [4.78, 5) is 29.4. The molecule has 6 heteroatoms. The number of rotatable bonds is 5. The average molecular weight is 336 g/mol. The molecule has 2 rings (SSSR count). The molecule has 0 spiro atoms. The Kier molecular flexibility index (Phi) is 6.04. The van der Waals surface area contributed by atoms with Crippen molar-refractivity contribution in [2.45, 2.75) is 6.92 Å². The second-order valence-corrected chi connectivity index (χ2v) is 5.97. The van der Waals surface area contributed by atoms with Gasteiger partial charge in [-0.25, -0.2) is 0 Å². The molecule has 23 heavy (non-hydrogen) atoms. The lowest BCUT2D eigenvalue weighted by Gasteiger charge is -2.37. The van der Waals surface area contributed by atoms with Gasteiger partial charge in [0.1, 0.15) is 6.54 Å². The number of anilines is 1. The van der Waals surface area contributed by atoms with E-state index in [0.717, 1.165) is 18.8 Å².